The minimum absolute atomic E-state index is 0.148. The lowest BCUT2D eigenvalue weighted by Gasteiger charge is -2.34. The van der Waals surface area contributed by atoms with Gasteiger partial charge < -0.3 is 19.5 Å². The summed E-state index contributed by atoms with van der Waals surface area (Å²) in [5.74, 6) is -1.82. The zero-order chi connectivity index (χ0) is 23.5. The number of dihydropyridines is 1. The maximum Gasteiger partial charge on any atom is 0.414 e. The minimum atomic E-state index is -0.727. The Morgan fingerprint density at radius 2 is 1.68 bits per heavy atom. The summed E-state index contributed by atoms with van der Waals surface area (Å²) in [6.45, 7) is 12.5. The molecule has 2 rings (SSSR count). The molecule has 2 aliphatic rings. The highest BCUT2D eigenvalue weighted by molar-refractivity contribution is 5.99. The van der Waals surface area contributed by atoms with Gasteiger partial charge in [-0.1, -0.05) is 6.08 Å². The van der Waals surface area contributed by atoms with Crippen molar-refractivity contribution in [3.05, 3.63) is 46.5 Å². The van der Waals surface area contributed by atoms with Crippen molar-refractivity contribution in [2.45, 2.75) is 60.2 Å². The first kappa shape index (κ1) is 24.2. The van der Waals surface area contributed by atoms with Gasteiger partial charge in [-0.15, -0.1) is 0 Å². The van der Waals surface area contributed by atoms with Crippen LogP contribution in [0.3, 0.4) is 0 Å². The topological polar surface area (TPSA) is 94.2 Å². The number of nitrogens with zero attached hydrogens (tertiary/aromatic N) is 1. The molecule has 0 aromatic carbocycles. The van der Waals surface area contributed by atoms with E-state index in [2.05, 4.69) is 5.32 Å². The van der Waals surface area contributed by atoms with E-state index >= 15 is 0 Å². The molecule has 0 saturated heterocycles. The highest BCUT2D eigenvalue weighted by atomic mass is 16.6. The molecule has 1 amide bonds. The average molecular weight is 433 g/mol. The predicted molar refractivity (Wildman–Crippen MR) is 115 cm³/mol. The van der Waals surface area contributed by atoms with Gasteiger partial charge in [-0.3, -0.25) is 4.90 Å². The van der Waals surface area contributed by atoms with E-state index in [0.29, 0.717) is 28.1 Å². The minimum Gasteiger partial charge on any atom is -0.466 e. The van der Waals surface area contributed by atoms with Crippen molar-refractivity contribution in [2.75, 3.05) is 13.7 Å². The number of hydrogen-bond donors (Lipinski definition) is 1. The maximum absolute atomic E-state index is 13.0. The Labute approximate surface area is 183 Å². The molecule has 31 heavy (non-hydrogen) atoms. The third kappa shape index (κ3) is 5.77. The summed E-state index contributed by atoms with van der Waals surface area (Å²) in [5, 5.41) is 3.09. The molecule has 0 bridgehead atoms. The number of methoxy groups -OCH3 is 1. The van der Waals surface area contributed by atoms with Crippen LogP contribution in [-0.4, -0.2) is 48.3 Å². The molecule has 0 radical (unpaired) electrons. The van der Waals surface area contributed by atoms with Crippen LogP contribution in [0.15, 0.2) is 46.5 Å². The van der Waals surface area contributed by atoms with Crippen LogP contribution in [0.25, 0.3) is 0 Å². The summed E-state index contributed by atoms with van der Waals surface area (Å²) in [6, 6.07) is 0. The first-order valence-corrected chi connectivity index (χ1v) is 10.2. The molecule has 1 unspecified atom stereocenters. The largest absolute Gasteiger partial charge is 0.466 e. The molecular weight excluding hydrogens is 400 g/mol. The zero-order valence-electron chi connectivity index (χ0n) is 19.5. The molecule has 170 valence electrons. The van der Waals surface area contributed by atoms with Gasteiger partial charge in [0.25, 0.3) is 0 Å². The van der Waals surface area contributed by atoms with Crippen molar-refractivity contribution in [1.82, 2.24) is 10.2 Å². The summed E-state index contributed by atoms with van der Waals surface area (Å²) < 4.78 is 15.9. The molecular formula is C23H32N2O6. The normalized spacial score (nSPS) is 19.2. The average Bonchev–Trinajstić information content (AvgIpc) is 2.64. The van der Waals surface area contributed by atoms with Crippen LogP contribution in [0, 0.1) is 5.92 Å². The van der Waals surface area contributed by atoms with Crippen LogP contribution < -0.4 is 5.32 Å². The Morgan fingerprint density at radius 3 is 2.19 bits per heavy atom. The Hall–Kier alpha value is -3.03. The van der Waals surface area contributed by atoms with Crippen molar-refractivity contribution in [3.8, 4) is 0 Å². The smallest absolute Gasteiger partial charge is 0.414 e. The fraction of sp³-hybridized carbons (Fsp3) is 0.522. The van der Waals surface area contributed by atoms with E-state index in [0.717, 1.165) is 0 Å². The summed E-state index contributed by atoms with van der Waals surface area (Å²) in [7, 11) is 1.29. The lowest BCUT2D eigenvalue weighted by Crippen LogP contribution is -2.40. The standard InChI is InChI=1S/C23H32N2O6/c1-13(2)30-21(27)18-15(4)24-14(3)17(20(26)29-8)19(18)16-10-9-11-25(12-16)22(28)31-23(5,6)7/h9-11,13,19,24H,12H2,1-8H3. The first-order chi connectivity index (χ1) is 14.4. The Bertz CT molecular complexity index is 886. The van der Waals surface area contributed by atoms with Gasteiger partial charge in [0, 0.05) is 23.5 Å². The maximum atomic E-state index is 13.0. The predicted octanol–water partition coefficient (Wildman–Crippen LogP) is 3.57. The van der Waals surface area contributed by atoms with Crippen LogP contribution in [0.1, 0.15) is 48.5 Å². The lowest BCUT2D eigenvalue weighted by molar-refractivity contribution is -0.143. The fourth-order valence-electron chi connectivity index (χ4n) is 3.50. The monoisotopic (exact) mass is 432 g/mol. The van der Waals surface area contributed by atoms with Crippen molar-refractivity contribution >= 4 is 18.0 Å². The van der Waals surface area contributed by atoms with Crippen molar-refractivity contribution in [1.29, 1.82) is 0 Å². The van der Waals surface area contributed by atoms with Crippen molar-refractivity contribution in [3.63, 3.8) is 0 Å². The number of carbonyl (C=O) groups is 3. The highest BCUT2D eigenvalue weighted by Crippen LogP contribution is 2.38. The van der Waals surface area contributed by atoms with Gasteiger partial charge in [0.1, 0.15) is 5.60 Å². The number of allylic oxidation sites excluding steroid dienone is 4. The van der Waals surface area contributed by atoms with Crippen LogP contribution in [-0.2, 0) is 23.8 Å². The van der Waals surface area contributed by atoms with Gasteiger partial charge in [0.2, 0.25) is 0 Å². The van der Waals surface area contributed by atoms with E-state index in [-0.39, 0.29) is 12.6 Å². The summed E-state index contributed by atoms with van der Waals surface area (Å²) in [5.41, 5.74) is 1.79. The van der Waals surface area contributed by atoms with E-state index in [1.54, 1.807) is 66.8 Å². The van der Waals surface area contributed by atoms with Gasteiger partial charge in [0.15, 0.2) is 0 Å². The first-order valence-electron chi connectivity index (χ1n) is 10.2. The molecule has 2 heterocycles. The third-order valence-corrected chi connectivity index (χ3v) is 4.66. The second-order valence-corrected chi connectivity index (χ2v) is 8.77. The number of nitrogens with one attached hydrogen (secondary N) is 1. The van der Waals surface area contributed by atoms with Crippen molar-refractivity contribution < 1.29 is 28.6 Å². The van der Waals surface area contributed by atoms with E-state index in [9.17, 15) is 14.4 Å². The second-order valence-electron chi connectivity index (χ2n) is 8.77. The Balaban J connectivity index is 2.49. The molecule has 0 aromatic rings. The molecule has 1 N–H and O–H groups in total. The number of hydrogen-bond acceptors (Lipinski definition) is 7. The molecule has 0 saturated carbocycles. The molecule has 0 fully saturated rings. The summed E-state index contributed by atoms with van der Waals surface area (Å²) in [6.07, 6.45) is 4.24. The number of carbonyl (C=O) groups excluding carboxylic acids is 3. The zero-order valence-corrected chi connectivity index (χ0v) is 19.5. The molecule has 1 atom stereocenters. The molecule has 8 heteroatoms. The van der Waals surface area contributed by atoms with E-state index < -0.39 is 29.6 Å². The highest BCUT2D eigenvalue weighted by Gasteiger charge is 2.40. The van der Waals surface area contributed by atoms with Gasteiger partial charge in [-0.05, 0) is 60.1 Å². The van der Waals surface area contributed by atoms with Crippen LogP contribution in [0.5, 0.6) is 0 Å². The third-order valence-electron chi connectivity index (χ3n) is 4.66. The number of esters is 2. The molecule has 0 aliphatic carbocycles. The molecule has 0 aromatic heterocycles. The fourth-order valence-corrected chi connectivity index (χ4v) is 3.50. The van der Waals surface area contributed by atoms with Gasteiger partial charge in [-0.25, -0.2) is 14.4 Å². The lowest BCUT2D eigenvalue weighted by atomic mass is 9.79. The van der Waals surface area contributed by atoms with E-state index in [1.807, 2.05) is 0 Å². The number of ether oxygens (including phenoxy) is 3. The van der Waals surface area contributed by atoms with E-state index in [1.165, 1.54) is 12.0 Å². The number of amides is 1. The SMILES string of the molecule is COC(=O)C1=C(C)NC(C)=C(C(=O)OC(C)C)C1C1=CC=CN(C(=O)OC(C)(C)C)C1. The van der Waals surface area contributed by atoms with Crippen molar-refractivity contribution in [2.24, 2.45) is 5.92 Å². The van der Waals surface area contributed by atoms with Crippen LogP contribution >= 0.6 is 0 Å². The van der Waals surface area contributed by atoms with E-state index in [4.69, 9.17) is 14.2 Å². The van der Waals surface area contributed by atoms with Crippen LogP contribution in [0.2, 0.25) is 0 Å². The molecule has 0 spiro atoms. The number of rotatable bonds is 4. The Kier molecular flexibility index (Phi) is 7.36. The van der Waals surface area contributed by atoms with Gasteiger partial charge in [-0.2, -0.15) is 0 Å². The van der Waals surface area contributed by atoms with Gasteiger partial charge in [0.05, 0.1) is 30.9 Å². The summed E-state index contributed by atoms with van der Waals surface area (Å²) >= 11 is 0. The summed E-state index contributed by atoms with van der Waals surface area (Å²) in [4.78, 5) is 39.7. The molecule has 8 nitrogen and oxygen atoms in total. The second kappa shape index (κ2) is 9.41. The molecule has 2 aliphatic heterocycles. The Morgan fingerprint density at radius 1 is 1.10 bits per heavy atom. The van der Waals surface area contributed by atoms with Gasteiger partial charge >= 0.3 is 18.0 Å². The van der Waals surface area contributed by atoms with Crippen LogP contribution in [0.4, 0.5) is 4.79 Å². The quantitative estimate of drug-likeness (QED) is 0.536.